The predicted molar refractivity (Wildman–Crippen MR) is 94.9 cm³/mol. The number of ether oxygens (including phenoxy) is 3. The molecule has 0 radical (unpaired) electrons. The highest BCUT2D eigenvalue weighted by atomic mass is 16.5. The number of rotatable bonds is 8. The molecule has 0 saturated carbocycles. The van der Waals surface area contributed by atoms with Crippen molar-refractivity contribution in [3.63, 3.8) is 0 Å². The van der Waals surface area contributed by atoms with Crippen molar-refractivity contribution in [3.8, 4) is 12.0 Å². The van der Waals surface area contributed by atoms with Crippen molar-refractivity contribution in [1.29, 1.82) is 0 Å². The second-order valence-electron chi connectivity index (χ2n) is 6.29. The van der Waals surface area contributed by atoms with Gasteiger partial charge in [0.15, 0.2) is 17.0 Å². The van der Waals surface area contributed by atoms with Crippen LogP contribution < -0.4 is 15.2 Å². The van der Waals surface area contributed by atoms with Crippen molar-refractivity contribution in [2.45, 2.75) is 58.1 Å². The van der Waals surface area contributed by atoms with E-state index in [0.717, 1.165) is 38.7 Å². The molecule has 3 heterocycles. The highest BCUT2D eigenvalue weighted by Crippen LogP contribution is 2.27. The summed E-state index contributed by atoms with van der Waals surface area (Å²) in [6, 6.07) is 0.772. The van der Waals surface area contributed by atoms with Crippen molar-refractivity contribution in [3.05, 3.63) is 0 Å². The maximum absolute atomic E-state index is 6.05. The number of hydrogen-bond donors (Lipinski definition) is 1. The minimum atomic E-state index is 0.273. The van der Waals surface area contributed by atoms with Crippen LogP contribution in [0.3, 0.4) is 0 Å². The fourth-order valence-corrected chi connectivity index (χ4v) is 3.02. The Morgan fingerprint density at radius 1 is 1.28 bits per heavy atom. The van der Waals surface area contributed by atoms with E-state index in [0.29, 0.717) is 36.1 Å². The summed E-state index contributed by atoms with van der Waals surface area (Å²) in [5.41, 5.74) is 7.24. The highest BCUT2D eigenvalue weighted by Gasteiger charge is 2.20. The molecule has 138 valence electrons. The van der Waals surface area contributed by atoms with E-state index in [9.17, 15) is 0 Å². The molecule has 8 nitrogen and oxygen atoms in total. The van der Waals surface area contributed by atoms with Crippen molar-refractivity contribution in [1.82, 2.24) is 19.5 Å². The molecule has 25 heavy (non-hydrogen) atoms. The molecule has 1 saturated heterocycles. The van der Waals surface area contributed by atoms with Crippen LogP contribution in [-0.2, 0) is 11.3 Å². The lowest BCUT2D eigenvalue weighted by atomic mass is 10.1. The van der Waals surface area contributed by atoms with Crippen LogP contribution >= 0.6 is 0 Å². The number of anilines is 1. The monoisotopic (exact) mass is 349 g/mol. The van der Waals surface area contributed by atoms with Crippen molar-refractivity contribution in [2.24, 2.45) is 0 Å². The maximum atomic E-state index is 6.05. The number of nitrogen functional groups attached to an aromatic ring is 1. The minimum Gasteiger partial charge on any atom is -0.468 e. The predicted octanol–water partition coefficient (Wildman–Crippen LogP) is 2.56. The smallest absolute Gasteiger partial charge is 0.320 e. The lowest BCUT2D eigenvalue weighted by molar-refractivity contribution is 0.00868. The summed E-state index contributed by atoms with van der Waals surface area (Å²) in [5, 5.41) is 0. The van der Waals surface area contributed by atoms with Crippen molar-refractivity contribution >= 4 is 17.0 Å². The number of aryl methyl sites for hydroxylation is 1. The van der Waals surface area contributed by atoms with Crippen LogP contribution in [0.2, 0.25) is 0 Å². The van der Waals surface area contributed by atoms with Crippen LogP contribution in [0.1, 0.15) is 45.4 Å². The number of imidazole rings is 1. The van der Waals surface area contributed by atoms with E-state index in [-0.39, 0.29) is 12.1 Å². The number of nitrogens with zero attached hydrogens (tertiary/aromatic N) is 4. The molecule has 1 aliphatic rings. The van der Waals surface area contributed by atoms with E-state index >= 15 is 0 Å². The van der Waals surface area contributed by atoms with Crippen LogP contribution in [0.15, 0.2) is 0 Å². The van der Waals surface area contributed by atoms with Gasteiger partial charge in [-0.05, 0) is 32.1 Å². The second-order valence-corrected chi connectivity index (χ2v) is 6.29. The third-order valence-electron chi connectivity index (χ3n) is 4.43. The summed E-state index contributed by atoms with van der Waals surface area (Å²) in [7, 11) is 1.59. The van der Waals surface area contributed by atoms with E-state index in [1.807, 2.05) is 4.57 Å². The summed E-state index contributed by atoms with van der Waals surface area (Å²) in [6.07, 6.45) is 6.62. The molecular formula is C17H27N5O3. The Kier molecular flexibility index (Phi) is 5.91. The summed E-state index contributed by atoms with van der Waals surface area (Å²) in [4.78, 5) is 13.1. The Hall–Kier alpha value is -2.09. The summed E-state index contributed by atoms with van der Waals surface area (Å²) in [6.45, 7) is 4.23. The molecule has 2 aromatic heterocycles. The summed E-state index contributed by atoms with van der Waals surface area (Å²) >= 11 is 0. The first-order chi connectivity index (χ1) is 12.2. The molecule has 0 aromatic carbocycles. The molecule has 3 rings (SSSR count). The minimum absolute atomic E-state index is 0.273. The molecule has 1 atom stereocenters. The number of hydrogen-bond acceptors (Lipinski definition) is 7. The first-order valence-corrected chi connectivity index (χ1v) is 9.05. The van der Waals surface area contributed by atoms with Crippen LogP contribution in [0.25, 0.3) is 11.2 Å². The van der Waals surface area contributed by atoms with E-state index in [1.54, 1.807) is 7.11 Å². The van der Waals surface area contributed by atoms with Gasteiger partial charge in [-0.3, -0.25) is 4.57 Å². The highest BCUT2D eigenvalue weighted by molar-refractivity contribution is 5.83. The van der Waals surface area contributed by atoms with Gasteiger partial charge >= 0.3 is 6.01 Å². The lowest BCUT2D eigenvalue weighted by Gasteiger charge is -2.22. The van der Waals surface area contributed by atoms with Gasteiger partial charge in [0.2, 0.25) is 0 Å². The van der Waals surface area contributed by atoms with E-state index < -0.39 is 0 Å². The first-order valence-electron chi connectivity index (χ1n) is 9.05. The van der Waals surface area contributed by atoms with Crippen molar-refractivity contribution < 1.29 is 14.2 Å². The number of methoxy groups -OCH3 is 1. The SMILES string of the molecule is CCCCOc1nc(N)c2nc(OC)n(CCC3CCCCO3)c2n1. The van der Waals surface area contributed by atoms with Gasteiger partial charge in [-0.1, -0.05) is 13.3 Å². The van der Waals surface area contributed by atoms with Crippen LogP contribution in [0.4, 0.5) is 5.82 Å². The number of fused-ring (bicyclic) bond motifs is 1. The number of unbranched alkanes of at least 4 members (excludes halogenated alkanes) is 1. The molecule has 0 bridgehead atoms. The Balaban J connectivity index is 1.83. The van der Waals surface area contributed by atoms with Crippen LogP contribution in [0.5, 0.6) is 12.0 Å². The van der Waals surface area contributed by atoms with Crippen LogP contribution in [0, 0.1) is 0 Å². The lowest BCUT2D eigenvalue weighted by Crippen LogP contribution is -2.21. The maximum Gasteiger partial charge on any atom is 0.320 e. The summed E-state index contributed by atoms with van der Waals surface area (Å²) in [5.74, 6) is 0.308. The van der Waals surface area contributed by atoms with Gasteiger partial charge in [-0.25, -0.2) is 0 Å². The van der Waals surface area contributed by atoms with E-state index in [2.05, 4.69) is 21.9 Å². The van der Waals surface area contributed by atoms with Gasteiger partial charge in [-0.2, -0.15) is 15.0 Å². The van der Waals surface area contributed by atoms with Gasteiger partial charge in [0.05, 0.1) is 19.8 Å². The third kappa shape index (κ3) is 4.12. The normalized spacial score (nSPS) is 17.8. The molecule has 1 aliphatic heterocycles. The fraction of sp³-hybridized carbons (Fsp3) is 0.706. The molecule has 2 aromatic rings. The van der Waals surface area contributed by atoms with Gasteiger partial charge in [0, 0.05) is 13.2 Å². The standard InChI is InChI=1S/C17H27N5O3/c1-3-4-10-25-16-20-14(18)13-15(21-16)22(17(19-13)23-2)9-8-12-7-5-6-11-24-12/h12H,3-11H2,1-2H3,(H2,18,20,21). The van der Waals surface area contributed by atoms with Gasteiger partial charge in [0.1, 0.15) is 0 Å². The van der Waals surface area contributed by atoms with Crippen molar-refractivity contribution in [2.75, 3.05) is 26.1 Å². The number of nitrogens with two attached hydrogens (primary N) is 1. The zero-order valence-electron chi connectivity index (χ0n) is 15.0. The molecule has 0 aliphatic carbocycles. The quantitative estimate of drug-likeness (QED) is 0.731. The molecule has 0 amide bonds. The van der Waals surface area contributed by atoms with Crippen LogP contribution in [-0.4, -0.2) is 45.9 Å². The zero-order chi connectivity index (χ0) is 17.6. The average Bonchev–Trinajstić information content (AvgIpc) is 2.99. The van der Waals surface area contributed by atoms with E-state index in [4.69, 9.17) is 19.9 Å². The zero-order valence-corrected chi connectivity index (χ0v) is 15.0. The molecule has 2 N–H and O–H groups in total. The van der Waals surface area contributed by atoms with Gasteiger partial charge in [0.25, 0.3) is 6.01 Å². The van der Waals surface area contributed by atoms with E-state index in [1.165, 1.54) is 6.42 Å². The molecule has 1 fully saturated rings. The average molecular weight is 349 g/mol. The molecule has 8 heteroatoms. The van der Waals surface area contributed by atoms with Gasteiger partial charge < -0.3 is 19.9 Å². The molecule has 1 unspecified atom stereocenters. The second kappa shape index (κ2) is 8.33. The Morgan fingerprint density at radius 2 is 2.16 bits per heavy atom. The topological polar surface area (TPSA) is 97.3 Å². The van der Waals surface area contributed by atoms with Gasteiger partial charge in [-0.15, -0.1) is 0 Å². The first kappa shape index (κ1) is 17.7. The summed E-state index contributed by atoms with van der Waals surface area (Å²) < 4.78 is 18.8. The fourth-order valence-electron chi connectivity index (χ4n) is 3.02. The molecule has 0 spiro atoms. The third-order valence-corrected chi connectivity index (χ3v) is 4.43. The molecular weight excluding hydrogens is 322 g/mol. The largest absolute Gasteiger partial charge is 0.468 e. The Labute approximate surface area is 147 Å². The Bertz CT molecular complexity index is 697. The Morgan fingerprint density at radius 3 is 2.88 bits per heavy atom. The number of aromatic nitrogens is 4.